The number of carbonyl (C=O) groups is 2. The number of methoxy groups -OCH3 is 1. The molecule has 192 valence electrons. The van der Waals surface area contributed by atoms with Crippen molar-refractivity contribution in [2.75, 3.05) is 12.0 Å². The van der Waals surface area contributed by atoms with Crippen LogP contribution in [-0.4, -0.2) is 29.0 Å². The molecule has 0 bridgehead atoms. The molecule has 6 heteroatoms. The van der Waals surface area contributed by atoms with Gasteiger partial charge < -0.3 is 9.64 Å². The van der Waals surface area contributed by atoms with Crippen LogP contribution in [0.2, 0.25) is 0 Å². The standard InChI is InChI=1S/C32H31N3O3/c1-38-31(36)17-12-23-6-5-9-28(20-23)35(32(37)26-7-3-2-4-8-26)22-24-10-13-25(14-11-24)27-15-16-29-30(21-27)34-19-18-33-29/h5-6,9-21,26H,2-4,7-8,22H2,1H3. The molecule has 6 nitrogen and oxygen atoms in total. The number of benzene rings is 3. The first-order valence-electron chi connectivity index (χ1n) is 13.1. The highest BCUT2D eigenvalue weighted by molar-refractivity contribution is 5.95. The normalized spacial score (nSPS) is 14.0. The molecular weight excluding hydrogens is 474 g/mol. The van der Waals surface area contributed by atoms with Gasteiger partial charge >= 0.3 is 5.97 Å². The van der Waals surface area contributed by atoms with E-state index in [2.05, 4.69) is 40.3 Å². The number of fused-ring (bicyclic) bond motifs is 1. The quantitative estimate of drug-likeness (QED) is 0.209. The van der Waals surface area contributed by atoms with Crippen molar-refractivity contribution < 1.29 is 14.3 Å². The summed E-state index contributed by atoms with van der Waals surface area (Å²) in [7, 11) is 1.35. The average molecular weight is 506 g/mol. The van der Waals surface area contributed by atoms with Gasteiger partial charge in [0.15, 0.2) is 0 Å². The molecule has 3 aromatic carbocycles. The van der Waals surface area contributed by atoms with Crippen LogP contribution in [-0.2, 0) is 20.9 Å². The maximum Gasteiger partial charge on any atom is 0.330 e. The number of aromatic nitrogens is 2. The van der Waals surface area contributed by atoms with Crippen molar-refractivity contribution >= 4 is 34.7 Å². The largest absolute Gasteiger partial charge is 0.466 e. The second-order valence-corrected chi connectivity index (χ2v) is 9.67. The summed E-state index contributed by atoms with van der Waals surface area (Å²) < 4.78 is 4.71. The molecule has 1 aliphatic rings. The van der Waals surface area contributed by atoms with Crippen LogP contribution in [0.15, 0.2) is 85.2 Å². The highest BCUT2D eigenvalue weighted by atomic mass is 16.5. The molecule has 38 heavy (non-hydrogen) atoms. The highest BCUT2D eigenvalue weighted by Crippen LogP contribution is 2.30. The first kappa shape index (κ1) is 25.3. The fourth-order valence-electron chi connectivity index (χ4n) is 5.02. The number of nitrogens with zero attached hydrogens (tertiary/aromatic N) is 3. The number of ether oxygens (including phenoxy) is 1. The molecule has 1 aliphatic carbocycles. The molecule has 0 atom stereocenters. The van der Waals surface area contributed by atoms with Gasteiger partial charge in [0.1, 0.15) is 0 Å². The number of esters is 1. The lowest BCUT2D eigenvalue weighted by Gasteiger charge is -2.30. The third-order valence-electron chi connectivity index (χ3n) is 7.11. The second-order valence-electron chi connectivity index (χ2n) is 9.67. The van der Waals surface area contributed by atoms with Gasteiger partial charge in [-0.25, -0.2) is 4.79 Å². The number of carbonyl (C=O) groups excluding carboxylic acids is 2. The van der Waals surface area contributed by atoms with Crippen molar-refractivity contribution in [2.45, 2.75) is 38.6 Å². The molecular formula is C32H31N3O3. The minimum atomic E-state index is -0.413. The Labute approximate surface area is 223 Å². The van der Waals surface area contributed by atoms with Gasteiger partial charge in [0.05, 0.1) is 24.7 Å². The van der Waals surface area contributed by atoms with Crippen LogP contribution in [0.25, 0.3) is 28.2 Å². The Morgan fingerprint density at radius 1 is 0.895 bits per heavy atom. The van der Waals surface area contributed by atoms with Gasteiger partial charge in [0.25, 0.3) is 0 Å². The van der Waals surface area contributed by atoms with Gasteiger partial charge in [-0.1, -0.05) is 61.7 Å². The third kappa shape index (κ3) is 5.97. The smallest absolute Gasteiger partial charge is 0.330 e. The highest BCUT2D eigenvalue weighted by Gasteiger charge is 2.27. The molecule has 0 saturated heterocycles. The predicted octanol–water partition coefficient (Wildman–Crippen LogP) is 6.60. The minimum Gasteiger partial charge on any atom is -0.466 e. The van der Waals surface area contributed by atoms with Gasteiger partial charge in [-0.3, -0.25) is 14.8 Å². The molecule has 0 N–H and O–H groups in total. The Morgan fingerprint density at radius 2 is 1.63 bits per heavy atom. The van der Waals surface area contributed by atoms with Gasteiger partial charge in [0.2, 0.25) is 5.91 Å². The molecule has 1 aromatic heterocycles. The average Bonchev–Trinajstić information content (AvgIpc) is 2.99. The lowest BCUT2D eigenvalue weighted by molar-refractivity contribution is -0.134. The van der Waals surface area contributed by atoms with E-state index < -0.39 is 5.97 Å². The van der Waals surface area contributed by atoms with E-state index in [1.807, 2.05) is 41.3 Å². The van der Waals surface area contributed by atoms with E-state index in [0.29, 0.717) is 6.54 Å². The van der Waals surface area contributed by atoms with Crippen LogP contribution in [0.4, 0.5) is 5.69 Å². The zero-order valence-electron chi connectivity index (χ0n) is 21.5. The van der Waals surface area contributed by atoms with E-state index in [0.717, 1.165) is 64.7 Å². The number of hydrogen-bond acceptors (Lipinski definition) is 5. The summed E-state index contributed by atoms with van der Waals surface area (Å²) in [6, 6.07) is 22.2. The van der Waals surface area contributed by atoms with Gasteiger partial charge in [0, 0.05) is 30.1 Å². The molecule has 4 aromatic rings. The Bertz CT molecular complexity index is 1460. The molecule has 1 amide bonds. The Morgan fingerprint density at radius 3 is 2.39 bits per heavy atom. The lowest BCUT2D eigenvalue weighted by Crippen LogP contribution is -2.36. The van der Waals surface area contributed by atoms with E-state index in [-0.39, 0.29) is 11.8 Å². The van der Waals surface area contributed by atoms with Crippen LogP contribution in [0.5, 0.6) is 0 Å². The summed E-state index contributed by atoms with van der Waals surface area (Å²) in [5.41, 5.74) is 6.60. The zero-order valence-corrected chi connectivity index (χ0v) is 21.5. The maximum absolute atomic E-state index is 13.8. The summed E-state index contributed by atoms with van der Waals surface area (Å²) in [6.07, 6.45) is 11.7. The number of hydrogen-bond donors (Lipinski definition) is 0. The SMILES string of the molecule is COC(=O)C=Cc1cccc(N(Cc2ccc(-c3ccc4nccnc4c3)cc2)C(=O)C2CCCCC2)c1. The van der Waals surface area contributed by atoms with Crippen LogP contribution in [0, 0.1) is 5.92 Å². The van der Waals surface area contributed by atoms with Crippen molar-refractivity contribution in [3.63, 3.8) is 0 Å². The van der Waals surface area contributed by atoms with Crippen LogP contribution < -0.4 is 4.90 Å². The summed E-state index contributed by atoms with van der Waals surface area (Å²) in [5.74, 6) is -0.212. The van der Waals surface area contributed by atoms with Crippen LogP contribution in [0.3, 0.4) is 0 Å². The van der Waals surface area contributed by atoms with Gasteiger partial charge in [-0.2, -0.15) is 0 Å². The van der Waals surface area contributed by atoms with Crippen LogP contribution in [0.1, 0.15) is 43.2 Å². The van der Waals surface area contributed by atoms with Crippen LogP contribution >= 0.6 is 0 Å². The van der Waals surface area contributed by atoms with E-state index >= 15 is 0 Å². The zero-order chi connectivity index (χ0) is 26.3. The Kier molecular flexibility index (Phi) is 7.88. The third-order valence-corrected chi connectivity index (χ3v) is 7.11. The van der Waals surface area contributed by atoms with Crippen molar-refractivity contribution in [2.24, 2.45) is 5.92 Å². The van der Waals surface area contributed by atoms with Gasteiger partial charge in [-0.05, 0) is 65.4 Å². The molecule has 0 radical (unpaired) electrons. The fraction of sp³-hybridized carbons (Fsp3) is 0.250. The molecule has 1 saturated carbocycles. The van der Waals surface area contributed by atoms with Crippen molar-refractivity contribution in [3.05, 3.63) is 96.3 Å². The summed E-state index contributed by atoms with van der Waals surface area (Å²) in [5, 5.41) is 0. The lowest BCUT2D eigenvalue weighted by atomic mass is 9.88. The monoisotopic (exact) mass is 505 g/mol. The first-order valence-corrected chi connectivity index (χ1v) is 13.1. The van der Waals surface area contributed by atoms with E-state index in [1.54, 1.807) is 18.5 Å². The number of amides is 1. The summed E-state index contributed by atoms with van der Waals surface area (Å²) in [4.78, 5) is 36.0. The van der Waals surface area contributed by atoms with E-state index in [4.69, 9.17) is 4.74 Å². The van der Waals surface area contributed by atoms with E-state index in [9.17, 15) is 9.59 Å². The topological polar surface area (TPSA) is 72.4 Å². The molecule has 0 unspecified atom stereocenters. The molecule has 5 rings (SSSR count). The van der Waals surface area contributed by atoms with Gasteiger partial charge in [-0.15, -0.1) is 0 Å². The molecule has 1 fully saturated rings. The van der Waals surface area contributed by atoms with Crippen molar-refractivity contribution in [1.29, 1.82) is 0 Å². The fourth-order valence-corrected chi connectivity index (χ4v) is 5.02. The molecule has 1 heterocycles. The number of anilines is 1. The Hall–Kier alpha value is -4.32. The number of rotatable bonds is 7. The van der Waals surface area contributed by atoms with Crippen molar-refractivity contribution in [1.82, 2.24) is 9.97 Å². The molecule has 0 aliphatic heterocycles. The first-order chi connectivity index (χ1) is 18.6. The second kappa shape index (κ2) is 11.8. The van der Waals surface area contributed by atoms with E-state index in [1.165, 1.54) is 19.6 Å². The minimum absolute atomic E-state index is 0.0380. The Balaban J connectivity index is 1.41. The van der Waals surface area contributed by atoms with Crippen molar-refractivity contribution in [3.8, 4) is 11.1 Å². The maximum atomic E-state index is 13.8. The molecule has 0 spiro atoms. The summed E-state index contributed by atoms with van der Waals surface area (Å²) >= 11 is 0. The predicted molar refractivity (Wildman–Crippen MR) is 150 cm³/mol. The summed E-state index contributed by atoms with van der Waals surface area (Å²) in [6.45, 7) is 0.475.